The number of nitrogens with zero attached hydrogens (tertiary/aromatic N) is 1. The third-order valence-electron chi connectivity index (χ3n) is 4.65. The number of carbonyl (C=O) groups excluding carboxylic acids is 1. The van der Waals surface area contributed by atoms with E-state index in [-0.39, 0.29) is 36.8 Å². The second-order valence-corrected chi connectivity index (χ2v) is 7.36. The highest BCUT2D eigenvalue weighted by Gasteiger charge is 2.36. The molecule has 0 radical (unpaired) electrons. The van der Waals surface area contributed by atoms with Crippen molar-refractivity contribution in [2.45, 2.75) is 71.6 Å². The molecule has 130 valence electrons. The first kappa shape index (κ1) is 19.4. The average molecular weight is 315 g/mol. The molecule has 3 N–H and O–H groups in total. The highest BCUT2D eigenvalue weighted by molar-refractivity contribution is 5.79. The molecule has 0 unspecified atom stereocenters. The van der Waals surface area contributed by atoms with Crippen molar-refractivity contribution >= 4 is 5.91 Å². The maximum atomic E-state index is 12.8. The summed E-state index contributed by atoms with van der Waals surface area (Å²) >= 11 is 0. The first-order valence-corrected chi connectivity index (χ1v) is 8.55. The van der Waals surface area contributed by atoms with E-state index in [0.717, 1.165) is 12.8 Å². The third-order valence-corrected chi connectivity index (χ3v) is 4.65. The lowest BCUT2D eigenvalue weighted by Gasteiger charge is -2.32. The Kier molecular flexibility index (Phi) is 7.80. The van der Waals surface area contributed by atoms with Crippen LogP contribution in [0.5, 0.6) is 0 Å². The second-order valence-electron chi connectivity index (χ2n) is 7.36. The van der Waals surface area contributed by atoms with Crippen LogP contribution in [-0.2, 0) is 4.79 Å². The van der Waals surface area contributed by atoms with Crippen LogP contribution < -0.4 is 0 Å². The summed E-state index contributed by atoms with van der Waals surface area (Å²) in [5.41, 5.74) is 0. The summed E-state index contributed by atoms with van der Waals surface area (Å²) in [6.45, 7) is 8.60. The molecule has 5 nitrogen and oxygen atoms in total. The molecule has 1 fully saturated rings. The summed E-state index contributed by atoms with van der Waals surface area (Å²) < 4.78 is 0. The monoisotopic (exact) mass is 315 g/mol. The lowest BCUT2D eigenvalue weighted by molar-refractivity contribution is -0.140. The maximum Gasteiger partial charge on any atom is 0.226 e. The molecule has 0 spiro atoms. The van der Waals surface area contributed by atoms with Crippen LogP contribution in [0.15, 0.2) is 0 Å². The van der Waals surface area contributed by atoms with Gasteiger partial charge >= 0.3 is 0 Å². The quantitative estimate of drug-likeness (QED) is 0.632. The summed E-state index contributed by atoms with van der Waals surface area (Å²) in [6.07, 6.45) is 0.892. The number of rotatable bonds is 8. The molecular weight excluding hydrogens is 282 g/mol. The maximum absolute atomic E-state index is 12.8. The molecule has 0 aliphatic carbocycles. The number of carbonyl (C=O) groups is 1. The van der Waals surface area contributed by atoms with Gasteiger partial charge in [-0.3, -0.25) is 4.79 Å². The van der Waals surface area contributed by atoms with E-state index >= 15 is 0 Å². The second kappa shape index (κ2) is 8.85. The van der Waals surface area contributed by atoms with E-state index in [1.54, 1.807) is 4.90 Å². The van der Waals surface area contributed by atoms with Gasteiger partial charge in [-0.05, 0) is 37.5 Å². The zero-order chi connectivity index (χ0) is 16.9. The number of aliphatic hydroxyl groups is 3. The van der Waals surface area contributed by atoms with Crippen LogP contribution in [0.25, 0.3) is 0 Å². The van der Waals surface area contributed by atoms with Gasteiger partial charge in [-0.15, -0.1) is 0 Å². The number of aliphatic hydroxyl groups excluding tert-OH is 3. The van der Waals surface area contributed by atoms with Gasteiger partial charge in [-0.2, -0.15) is 0 Å². The van der Waals surface area contributed by atoms with E-state index in [2.05, 4.69) is 0 Å². The Morgan fingerprint density at radius 3 is 2.23 bits per heavy atom. The molecule has 22 heavy (non-hydrogen) atoms. The summed E-state index contributed by atoms with van der Waals surface area (Å²) in [6, 6.07) is -0.0912. The Balaban J connectivity index is 2.70. The Hall–Kier alpha value is -0.650. The minimum Gasteiger partial charge on any atom is -0.394 e. The van der Waals surface area contributed by atoms with Crippen LogP contribution in [0.1, 0.15) is 53.4 Å². The zero-order valence-electron chi connectivity index (χ0n) is 14.4. The molecule has 4 atom stereocenters. The van der Waals surface area contributed by atoms with Gasteiger partial charge in [-0.25, -0.2) is 0 Å². The minimum atomic E-state index is -0.881. The van der Waals surface area contributed by atoms with Gasteiger partial charge in [0, 0.05) is 12.5 Å². The normalized spacial score (nSPS) is 23.1. The van der Waals surface area contributed by atoms with Gasteiger partial charge in [-0.1, -0.05) is 27.7 Å². The Morgan fingerprint density at radius 1 is 1.14 bits per heavy atom. The number of hydrogen-bond donors (Lipinski definition) is 3. The molecule has 0 bridgehead atoms. The smallest absolute Gasteiger partial charge is 0.226 e. The zero-order valence-corrected chi connectivity index (χ0v) is 14.4. The van der Waals surface area contributed by atoms with Gasteiger partial charge in [0.05, 0.1) is 24.9 Å². The molecule has 0 aromatic carbocycles. The third kappa shape index (κ3) is 5.21. The van der Waals surface area contributed by atoms with Crippen LogP contribution in [0.4, 0.5) is 0 Å². The SMILES string of the molecule is CC(C)C[C@H](O)[C@@H](O)C[C@H](C(=O)N1CCC[C@H]1CO)C(C)C. The average Bonchev–Trinajstić information content (AvgIpc) is 2.90. The summed E-state index contributed by atoms with van der Waals surface area (Å²) in [4.78, 5) is 14.5. The molecular formula is C17H33NO4. The summed E-state index contributed by atoms with van der Waals surface area (Å²) in [5, 5.41) is 29.7. The van der Waals surface area contributed by atoms with Crippen molar-refractivity contribution in [1.29, 1.82) is 0 Å². The van der Waals surface area contributed by atoms with E-state index in [1.807, 2.05) is 27.7 Å². The lowest BCUT2D eigenvalue weighted by Crippen LogP contribution is -2.44. The van der Waals surface area contributed by atoms with E-state index < -0.39 is 12.2 Å². The molecule has 5 heteroatoms. The van der Waals surface area contributed by atoms with Crippen molar-refractivity contribution in [1.82, 2.24) is 4.90 Å². The first-order chi connectivity index (χ1) is 10.3. The predicted octanol–water partition coefficient (Wildman–Crippen LogP) is 1.40. The van der Waals surface area contributed by atoms with Gasteiger partial charge in [0.2, 0.25) is 5.91 Å². The number of likely N-dealkylation sites (tertiary alicyclic amines) is 1. The number of hydrogen-bond acceptors (Lipinski definition) is 4. The molecule has 1 saturated heterocycles. The van der Waals surface area contributed by atoms with E-state index in [4.69, 9.17) is 0 Å². The van der Waals surface area contributed by atoms with Gasteiger partial charge < -0.3 is 20.2 Å². The summed E-state index contributed by atoms with van der Waals surface area (Å²) in [7, 11) is 0. The van der Waals surface area contributed by atoms with Gasteiger partial charge in [0.15, 0.2) is 0 Å². The van der Waals surface area contributed by atoms with E-state index in [9.17, 15) is 20.1 Å². The first-order valence-electron chi connectivity index (χ1n) is 8.55. The number of amides is 1. The molecule has 1 aliphatic rings. The fourth-order valence-electron chi connectivity index (χ4n) is 3.24. The Morgan fingerprint density at radius 2 is 1.73 bits per heavy atom. The molecule has 1 heterocycles. The molecule has 0 aromatic heterocycles. The largest absolute Gasteiger partial charge is 0.394 e. The van der Waals surface area contributed by atoms with Crippen LogP contribution >= 0.6 is 0 Å². The molecule has 1 rings (SSSR count). The van der Waals surface area contributed by atoms with Crippen molar-refractivity contribution in [3.05, 3.63) is 0 Å². The van der Waals surface area contributed by atoms with Crippen LogP contribution in [0, 0.1) is 17.8 Å². The van der Waals surface area contributed by atoms with Crippen molar-refractivity contribution < 1.29 is 20.1 Å². The van der Waals surface area contributed by atoms with E-state index in [1.165, 1.54) is 0 Å². The van der Waals surface area contributed by atoms with Crippen molar-refractivity contribution in [3.63, 3.8) is 0 Å². The molecule has 1 aliphatic heterocycles. The van der Waals surface area contributed by atoms with E-state index in [0.29, 0.717) is 18.9 Å². The lowest BCUT2D eigenvalue weighted by atomic mass is 9.86. The molecule has 0 aromatic rings. The Labute approximate surface area is 134 Å². The van der Waals surface area contributed by atoms with Crippen LogP contribution in [-0.4, -0.2) is 57.5 Å². The highest BCUT2D eigenvalue weighted by atomic mass is 16.3. The fourth-order valence-corrected chi connectivity index (χ4v) is 3.24. The fraction of sp³-hybridized carbons (Fsp3) is 0.941. The van der Waals surface area contributed by atoms with Crippen LogP contribution in [0.3, 0.4) is 0 Å². The van der Waals surface area contributed by atoms with Gasteiger partial charge in [0.1, 0.15) is 0 Å². The Bertz CT molecular complexity index is 346. The topological polar surface area (TPSA) is 81.0 Å². The van der Waals surface area contributed by atoms with Crippen molar-refractivity contribution in [3.8, 4) is 0 Å². The summed E-state index contributed by atoms with van der Waals surface area (Å²) in [5.74, 6) is 0.0786. The predicted molar refractivity (Wildman–Crippen MR) is 86.2 cm³/mol. The molecule has 0 saturated carbocycles. The van der Waals surface area contributed by atoms with Crippen LogP contribution in [0.2, 0.25) is 0 Å². The minimum absolute atomic E-state index is 0.00217. The van der Waals surface area contributed by atoms with Crippen molar-refractivity contribution in [2.75, 3.05) is 13.2 Å². The molecule has 1 amide bonds. The van der Waals surface area contributed by atoms with Crippen molar-refractivity contribution in [2.24, 2.45) is 17.8 Å². The van der Waals surface area contributed by atoms with Gasteiger partial charge in [0.25, 0.3) is 0 Å². The standard InChI is InChI=1S/C17H33NO4/c1-11(2)8-15(20)16(21)9-14(12(3)4)17(22)18-7-5-6-13(18)10-19/h11-16,19-21H,5-10H2,1-4H3/t13-,14-,15-,16-/m0/s1. The highest BCUT2D eigenvalue weighted by Crippen LogP contribution is 2.27.